The summed E-state index contributed by atoms with van der Waals surface area (Å²) in [5.74, 6) is 0.550. The zero-order valence-corrected chi connectivity index (χ0v) is 9.01. The topological polar surface area (TPSA) is 36.4 Å². The Morgan fingerprint density at radius 3 is 2.50 bits per heavy atom. The molecule has 2 unspecified atom stereocenters. The minimum Gasteiger partial charge on any atom is -0.393 e. The Hall–Kier alpha value is -1.16. The van der Waals surface area contributed by atoms with E-state index in [0.29, 0.717) is 12.1 Å². The van der Waals surface area contributed by atoms with Crippen LogP contribution < -0.4 is 4.90 Å². The van der Waals surface area contributed by atoms with Crippen molar-refractivity contribution in [3.05, 3.63) is 24.1 Å². The van der Waals surface area contributed by atoms with Crippen molar-refractivity contribution < 1.29 is 9.50 Å². The van der Waals surface area contributed by atoms with Crippen LogP contribution in [0.25, 0.3) is 0 Å². The molecule has 3 nitrogen and oxygen atoms in total. The summed E-state index contributed by atoms with van der Waals surface area (Å²) in [4.78, 5) is 6.39. The molecule has 3 rings (SSSR count). The molecule has 2 aliphatic rings. The first-order valence-corrected chi connectivity index (χ1v) is 5.82. The van der Waals surface area contributed by atoms with Crippen LogP contribution in [-0.4, -0.2) is 28.3 Å². The molecule has 2 fully saturated rings. The van der Waals surface area contributed by atoms with E-state index in [9.17, 15) is 9.50 Å². The Bertz CT molecular complexity index is 367. The van der Waals surface area contributed by atoms with E-state index in [1.807, 2.05) is 0 Å². The van der Waals surface area contributed by atoms with Crippen molar-refractivity contribution in [3.63, 3.8) is 0 Å². The maximum Gasteiger partial charge on any atom is 0.141 e. The molecular weight excluding hydrogens is 207 g/mol. The summed E-state index contributed by atoms with van der Waals surface area (Å²) in [6.07, 6.45) is 4.95. The Morgan fingerprint density at radius 2 is 1.94 bits per heavy atom. The number of rotatable bonds is 1. The predicted octanol–water partition coefficient (Wildman–Crippen LogP) is 1.71. The van der Waals surface area contributed by atoms with Gasteiger partial charge in [-0.25, -0.2) is 9.37 Å². The van der Waals surface area contributed by atoms with Gasteiger partial charge >= 0.3 is 0 Å². The van der Waals surface area contributed by atoms with Gasteiger partial charge in [0, 0.05) is 12.1 Å². The molecule has 2 aliphatic heterocycles. The Labute approximate surface area is 93.9 Å². The van der Waals surface area contributed by atoms with Crippen molar-refractivity contribution >= 4 is 5.82 Å². The zero-order chi connectivity index (χ0) is 11.1. The van der Waals surface area contributed by atoms with E-state index in [1.165, 1.54) is 12.3 Å². The molecule has 0 spiro atoms. The minimum atomic E-state index is -0.298. The van der Waals surface area contributed by atoms with Gasteiger partial charge in [-0.1, -0.05) is 0 Å². The number of aliphatic hydroxyl groups excluding tert-OH is 1. The van der Waals surface area contributed by atoms with Gasteiger partial charge in [0.05, 0.1) is 12.3 Å². The van der Waals surface area contributed by atoms with Gasteiger partial charge in [-0.3, -0.25) is 0 Å². The average Bonchev–Trinajstić information content (AvgIpc) is 2.54. The van der Waals surface area contributed by atoms with Gasteiger partial charge in [0.1, 0.15) is 11.6 Å². The van der Waals surface area contributed by atoms with Crippen molar-refractivity contribution in [2.75, 3.05) is 4.90 Å². The van der Waals surface area contributed by atoms with Crippen LogP contribution in [0.1, 0.15) is 25.7 Å². The molecule has 2 atom stereocenters. The summed E-state index contributed by atoms with van der Waals surface area (Å²) in [6, 6.07) is 3.95. The van der Waals surface area contributed by atoms with Gasteiger partial charge in [-0.15, -0.1) is 0 Å². The predicted molar refractivity (Wildman–Crippen MR) is 58.7 cm³/mol. The molecule has 2 bridgehead atoms. The van der Waals surface area contributed by atoms with Gasteiger partial charge in [-0.05, 0) is 37.8 Å². The SMILES string of the molecule is OC1CC2CCC(C1)N2c1ccc(F)cn1. The maximum absolute atomic E-state index is 12.8. The highest BCUT2D eigenvalue weighted by Gasteiger charge is 2.40. The molecule has 0 amide bonds. The van der Waals surface area contributed by atoms with Gasteiger partial charge in [0.2, 0.25) is 0 Å². The highest BCUT2D eigenvalue weighted by atomic mass is 19.1. The monoisotopic (exact) mass is 222 g/mol. The van der Waals surface area contributed by atoms with Gasteiger partial charge in [-0.2, -0.15) is 0 Å². The standard InChI is InChI=1S/C12H15FN2O/c13-8-1-4-12(14-7-8)15-9-2-3-10(15)6-11(16)5-9/h1,4,7,9-11,16H,2-3,5-6H2. The highest BCUT2D eigenvalue weighted by molar-refractivity contribution is 5.43. The first-order chi connectivity index (χ1) is 7.74. The van der Waals surface area contributed by atoms with E-state index >= 15 is 0 Å². The van der Waals surface area contributed by atoms with Crippen LogP contribution in [0.4, 0.5) is 10.2 Å². The van der Waals surface area contributed by atoms with E-state index in [1.54, 1.807) is 6.07 Å². The third-order valence-electron chi connectivity index (χ3n) is 3.68. The second-order valence-corrected chi connectivity index (χ2v) is 4.75. The fraction of sp³-hybridized carbons (Fsp3) is 0.583. The lowest BCUT2D eigenvalue weighted by Crippen LogP contribution is -2.45. The van der Waals surface area contributed by atoms with Crippen LogP contribution in [0.2, 0.25) is 0 Å². The molecule has 0 radical (unpaired) electrons. The van der Waals surface area contributed by atoms with E-state index in [0.717, 1.165) is 31.5 Å². The third-order valence-corrected chi connectivity index (χ3v) is 3.68. The minimum absolute atomic E-state index is 0.172. The molecule has 86 valence electrons. The van der Waals surface area contributed by atoms with Crippen LogP contribution in [-0.2, 0) is 0 Å². The van der Waals surface area contributed by atoms with Crippen LogP contribution in [0, 0.1) is 5.82 Å². The van der Waals surface area contributed by atoms with Crippen molar-refractivity contribution in [2.24, 2.45) is 0 Å². The van der Waals surface area contributed by atoms with E-state index in [-0.39, 0.29) is 11.9 Å². The number of hydrogen-bond acceptors (Lipinski definition) is 3. The summed E-state index contributed by atoms with van der Waals surface area (Å²) in [6.45, 7) is 0. The Balaban J connectivity index is 1.88. The van der Waals surface area contributed by atoms with Gasteiger partial charge in [0.25, 0.3) is 0 Å². The quantitative estimate of drug-likeness (QED) is 0.786. The van der Waals surface area contributed by atoms with E-state index in [2.05, 4.69) is 9.88 Å². The maximum atomic E-state index is 12.8. The van der Waals surface area contributed by atoms with Crippen molar-refractivity contribution in [1.29, 1.82) is 0 Å². The number of nitrogens with zero attached hydrogens (tertiary/aromatic N) is 2. The van der Waals surface area contributed by atoms with Crippen molar-refractivity contribution in [2.45, 2.75) is 43.9 Å². The number of pyridine rings is 1. The second-order valence-electron chi connectivity index (χ2n) is 4.75. The second kappa shape index (κ2) is 3.70. The van der Waals surface area contributed by atoms with Gasteiger partial charge in [0.15, 0.2) is 0 Å². The molecule has 1 N–H and O–H groups in total. The summed E-state index contributed by atoms with van der Waals surface area (Å²) in [5.41, 5.74) is 0. The average molecular weight is 222 g/mol. The molecule has 3 heterocycles. The molecule has 0 aliphatic carbocycles. The molecular formula is C12H15FN2O. The first-order valence-electron chi connectivity index (χ1n) is 5.82. The number of halogens is 1. The fourth-order valence-electron chi connectivity index (χ4n) is 3.04. The fourth-order valence-corrected chi connectivity index (χ4v) is 3.04. The molecule has 2 saturated heterocycles. The number of piperidine rings is 1. The number of aromatic nitrogens is 1. The van der Waals surface area contributed by atoms with E-state index in [4.69, 9.17) is 0 Å². The summed E-state index contributed by atoms with van der Waals surface area (Å²) >= 11 is 0. The molecule has 1 aromatic heterocycles. The van der Waals surface area contributed by atoms with Gasteiger partial charge < -0.3 is 10.0 Å². The molecule has 1 aromatic rings. The smallest absolute Gasteiger partial charge is 0.141 e. The molecule has 0 saturated carbocycles. The molecule has 0 aromatic carbocycles. The summed E-state index contributed by atoms with van der Waals surface area (Å²) < 4.78 is 12.8. The highest BCUT2D eigenvalue weighted by Crippen LogP contribution is 2.38. The van der Waals surface area contributed by atoms with Crippen LogP contribution in [0.15, 0.2) is 18.3 Å². The van der Waals surface area contributed by atoms with Crippen LogP contribution in [0.3, 0.4) is 0 Å². The molecule has 16 heavy (non-hydrogen) atoms. The van der Waals surface area contributed by atoms with Crippen molar-refractivity contribution in [1.82, 2.24) is 4.98 Å². The lowest BCUT2D eigenvalue weighted by molar-refractivity contribution is 0.126. The number of anilines is 1. The van der Waals surface area contributed by atoms with Crippen LogP contribution in [0.5, 0.6) is 0 Å². The van der Waals surface area contributed by atoms with E-state index < -0.39 is 0 Å². The number of hydrogen-bond donors (Lipinski definition) is 1. The number of fused-ring (bicyclic) bond motifs is 2. The zero-order valence-electron chi connectivity index (χ0n) is 9.01. The lowest BCUT2D eigenvalue weighted by Gasteiger charge is -2.38. The van der Waals surface area contributed by atoms with Crippen LogP contribution >= 0.6 is 0 Å². The summed E-state index contributed by atoms with van der Waals surface area (Å²) in [5, 5.41) is 9.69. The normalized spacial score (nSPS) is 33.1. The first kappa shape index (κ1) is 10.0. The molecule has 4 heteroatoms. The lowest BCUT2D eigenvalue weighted by atomic mass is 10.00. The van der Waals surface area contributed by atoms with Crippen molar-refractivity contribution in [3.8, 4) is 0 Å². The largest absolute Gasteiger partial charge is 0.393 e. The Kier molecular flexibility index (Phi) is 2.32. The Morgan fingerprint density at radius 1 is 1.25 bits per heavy atom. The number of aliphatic hydroxyl groups is 1. The third kappa shape index (κ3) is 1.57. The summed E-state index contributed by atoms with van der Waals surface area (Å²) in [7, 11) is 0.